The first kappa shape index (κ1) is 13.8. The SMILES string of the molecule is COC(=O)C1CC(O)CN1Cc1cccnc1OC. The lowest BCUT2D eigenvalue weighted by atomic mass is 10.2. The van der Waals surface area contributed by atoms with Crippen LogP contribution in [0.5, 0.6) is 5.88 Å². The highest BCUT2D eigenvalue weighted by Crippen LogP contribution is 2.24. The fraction of sp³-hybridized carbons (Fsp3) is 0.538. The molecule has 6 nitrogen and oxygen atoms in total. The van der Waals surface area contributed by atoms with Crippen LogP contribution in [0, 0.1) is 0 Å². The quantitative estimate of drug-likeness (QED) is 0.785. The van der Waals surface area contributed by atoms with Crippen molar-refractivity contribution in [3.05, 3.63) is 23.9 Å². The largest absolute Gasteiger partial charge is 0.481 e. The molecule has 1 aliphatic heterocycles. The van der Waals surface area contributed by atoms with Gasteiger partial charge in [0.05, 0.1) is 20.3 Å². The molecule has 0 saturated carbocycles. The van der Waals surface area contributed by atoms with E-state index in [0.717, 1.165) is 5.56 Å². The van der Waals surface area contributed by atoms with Crippen molar-refractivity contribution < 1.29 is 19.4 Å². The lowest BCUT2D eigenvalue weighted by Crippen LogP contribution is -2.36. The molecular weight excluding hydrogens is 248 g/mol. The zero-order chi connectivity index (χ0) is 13.8. The summed E-state index contributed by atoms with van der Waals surface area (Å²) in [7, 11) is 2.92. The number of aliphatic hydroxyl groups is 1. The number of β-amino-alcohol motifs (C(OH)–C–C–N with tert-alkyl or cyclic N) is 1. The minimum absolute atomic E-state index is 0.320. The van der Waals surface area contributed by atoms with Crippen molar-refractivity contribution in [1.82, 2.24) is 9.88 Å². The van der Waals surface area contributed by atoms with Crippen LogP contribution in [0.1, 0.15) is 12.0 Å². The van der Waals surface area contributed by atoms with Crippen molar-refractivity contribution in [3.63, 3.8) is 0 Å². The minimum atomic E-state index is -0.508. The number of hydrogen-bond acceptors (Lipinski definition) is 6. The van der Waals surface area contributed by atoms with Gasteiger partial charge in [0.2, 0.25) is 5.88 Å². The van der Waals surface area contributed by atoms with Gasteiger partial charge in [-0.2, -0.15) is 0 Å². The number of ether oxygens (including phenoxy) is 2. The van der Waals surface area contributed by atoms with Crippen LogP contribution >= 0.6 is 0 Å². The van der Waals surface area contributed by atoms with Gasteiger partial charge in [-0.15, -0.1) is 0 Å². The monoisotopic (exact) mass is 266 g/mol. The van der Waals surface area contributed by atoms with E-state index in [0.29, 0.717) is 25.4 Å². The van der Waals surface area contributed by atoms with Gasteiger partial charge in [-0.1, -0.05) is 6.07 Å². The van der Waals surface area contributed by atoms with Crippen molar-refractivity contribution in [2.45, 2.75) is 25.1 Å². The maximum Gasteiger partial charge on any atom is 0.323 e. The highest BCUT2D eigenvalue weighted by Gasteiger charge is 2.36. The van der Waals surface area contributed by atoms with Gasteiger partial charge in [0.25, 0.3) is 0 Å². The first-order valence-electron chi connectivity index (χ1n) is 6.13. The lowest BCUT2D eigenvalue weighted by molar-refractivity contribution is -0.146. The minimum Gasteiger partial charge on any atom is -0.481 e. The molecule has 0 radical (unpaired) electrons. The smallest absolute Gasteiger partial charge is 0.323 e. The van der Waals surface area contributed by atoms with Crippen LogP contribution < -0.4 is 4.74 Å². The highest BCUT2D eigenvalue weighted by molar-refractivity contribution is 5.76. The Hall–Kier alpha value is -1.66. The predicted octanol–water partition coefficient (Wildman–Crippen LogP) is 0.198. The Bertz CT molecular complexity index is 452. The molecule has 6 heteroatoms. The molecule has 1 N–H and O–H groups in total. The van der Waals surface area contributed by atoms with Crippen LogP contribution in [0.15, 0.2) is 18.3 Å². The van der Waals surface area contributed by atoms with Gasteiger partial charge in [-0.25, -0.2) is 4.98 Å². The predicted molar refractivity (Wildman–Crippen MR) is 67.6 cm³/mol. The van der Waals surface area contributed by atoms with E-state index in [2.05, 4.69) is 4.98 Å². The average Bonchev–Trinajstić information content (AvgIpc) is 2.79. The molecule has 1 fully saturated rings. The number of esters is 1. The molecule has 0 aromatic carbocycles. The van der Waals surface area contributed by atoms with E-state index < -0.39 is 12.1 Å². The van der Waals surface area contributed by atoms with Gasteiger partial charge in [-0.05, 0) is 6.07 Å². The van der Waals surface area contributed by atoms with Crippen LogP contribution in [0.25, 0.3) is 0 Å². The van der Waals surface area contributed by atoms with Crippen molar-refractivity contribution in [3.8, 4) is 5.88 Å². The molecule has 0 amide bonds. The average molecular weight is 266 g/mol. The first-order valence-corrected chi connectivity index (χ1v) is 6.13. The van der Waals surface area contributed by atoms with Crippen LogP contribution in [0.3, 0.4) is 0 Å². The Morgan fingerprint density at radius 2 is 2.37 bits per heavy atom. The summed E-state index contributed by atoms with van der Waals surface area (Å²) < 4.78 is 9.96. The molecule has 2 atom stereocenters. The summed E-state index contributed by atoms with van der Waals surface area (Å²) in [4.78, 5) is 17.7. The zero-order valence-corrected chi connectivity index (χ0v) is 11.1. The number of carbonyl (C=O) groups excluding carboxylic acids is 1. The number of pyridine rings is 1. The van der Waals surface area contributed by atoms with Gasteiger partial charge >= 0.3 is 5.97 Å². The number of carbonyl (C=O) groups is 1. The fourth-order valence-corrected chi connectivity index (χ4v) is 2.38. The fourth-order valence-electron chi connectivity index (χ4n) is 2.38. The molecule has 2 heterocycles. The van der Waals surface area contributed by atoms with Crippen LogP contribution in [-0.2, 0) is 16.1 Å². The van der Waals surface area contributed by atoms with Crippen molar-refractivity contribution in [2.24, 2.45) is 0 Å². The summed E-state index contributed by atoms with van der Waals surface area (Å²) in [6.45, 7) is 0.936. The standard InChI is InChI=1S/C13H18N2O4/c1-18-12-9(4-3-5-14-12)7-15-8-10(16)6-11(15)13(17)19-2/h3-5,10-11,16H,6-8H2,1-2H3. The second kappa shape index (κ2) is 5.99. The molecule has 1 aromatic rings. The third-order valence-electron chi connectivity index (χ3n) is 3.27. The van der Waals surface area contributed by atoms with Gasteiger partial charge in [-0.3, -0.25) is 9.69 Å². The number of aromatic nitrogens is 1. The second-order valence-corrected chi connectivity index (χ2v) is 4.53. The Labute approximate surface area is 112 Å². The molecule has 1 aromatic heterocycles. The number of aliphatic hydroxyl groups excluding tert-OH is 1. The maximum atomic E-state index is 11.7. The number of methoxy groups -OCH3 is 2. The third kappa shape index (κ3) is 3.02. The van der Waals surface area contributed by atoms with Crippen LogP contribution in [0.2, 0.25) is 0 Å². The van der Waals surface area contributed by atoms with Crippen molar-refractivity contribution in [2.75, 3.05) is 20.8 Å². The number of nitrogens with zero attached hydrogens (tertiary/aromatic N) is 2. The van der Waals surface area contributed by atoms with Gasteiger partial charge < -0.3 is 14.6 Å². The Kier molecular flexibility index (Phi) is 4.34. The van der Waals surface area contributed by atoms with Crippen LogP contribution in [0.4, 0.5) is 0 Å². The van der Waals surface area contributed by atoms with Gasteiger partial charge in [0.1, 0.15) is 6.04 Å². The van der Waals surface area contributed by atoms with E-state index in [1.807, 2.05) is 17.0 Å². The highest BCUT2D eigenvalue weighted by atomic mass is 16.5. The van der Waals surface area contributed by atoms with Gasteiger partial charge in [0.15, 0.2) is 0 Å². The van der Waals surface area contributed by atoms with E-state index in [1.165, 1.54) is 7.11 Å². The van der Waals surface area contributed by atoms with Crippen LogP contribution in [-0.4, -0.2) is 53.9 Å². The summed E-state index contributed by atoms with van der Waals surface area (Å²) in [5, 5.41) is 9.72. The van der Waals surface area contributed by atoms with Crippen molar-refractivity contribution in [1.29, 1.82) is 0 Å². The summed E-state index contributed by atoms with van der Waals surface area (Å²) in [6.07, 6.45) is 1.54. The summed E-state index contributed by atoms with van der Waals surface area (Å²) in [5.74, 6) is 0.215. The van der Waals surface area contributed by atoms with Crippen molar-refractivity contribution >= 4 is 5.97 Å². The molecule has 1 aliphatic rings. The number of rotatable bonds is 4. The Morgan fingerprint density at radius 1 is 1.58 bits per heavy atom. The molecule has 0 aliphatic carbocycles. The summed E-state index contributed by atoms with van der Waals surface area (Å²) in [6, 6.07) is 3.30. The molecule has 2 rings (SSSR count). The second-order valence-electron chi connectivity index (χ2n) is 4.53. The number of likely N-dealkylation sites (tertiary alicyclic amines) is 1. The van der Waals surface area contributed by atoms with E-state index >= 15 is 0 Å². The molecular formula is C13H18N2O4. The molecule has 2 unspecified atom stereocenters. The molecule has 0 spiro atoms. The lowest BCUT2D eigenvalue weighted by Gasteiger charge is -2.22. The molecule has 104 valence electrons. The topological polar surface area (TPSA) is 71.9 Å². The summed E-state index contributed by atoms with van der Waals surface area (Å²) >= 11 is 0. The molecule has 1 saturated heterocycles. The third-order valence-corrected chi connectivity index (χ3v) is 3.27. The normalized spacial score (nSPS) is 23.3. The maximum absolute atomic E-state index is 11.7. The number of hydrogen-bond donors (Lipinski definition) is 1. The van der Waals surface area contributed by atoms with E-state index in [1.54, 1.807) is 13.3 Å². The first-order chi connectivity index (χ1) is 9.15. The Balaban J connectivity index is 2.14. The molecule has 19 heavy (non-hydrogen) atoms. The molecule has 0 bridgehead atoms. The van der Waals surface area contributed by atoms with E-state index in [4.69, 9.17) is 9.47 Å². The summed E-state index contributed by atoms with van der Waals surface area (Å²) in [5.41, 5.74) is 0.882. The van der Waals surface area contributed by atoms with E-state index in [-0.39, 0.29) is 5.97 Å². The van der Waals surface area contributed by atoms with E-state index in [9.17, 15) is 9.90 Å². The van der Waals surface area contributed by atoms with Gasteiger partial charge in [0, 0.05) is 31.3 Å². The Morgan fingerprint density at radius 3 is 3.05 bits per heavy atom. The zero-order valence-electron chi connectivity index (χ0n) is 11.1.